The van der Waals surface area contributed by atoms with E-state index in [9.17, 15) is 8.78 Å². The maximum absolute atomic E-state index is 13.6. The van der Waals surface area contributed by atoms with Crippen LogP contribution in [0.25, 0.3) is 0 Å². The number of allylic oxidation sites excluding steroid dienone is 1. The maximum atomic E-state index is 13.6. The molecule has 2 rings (SSSR count). The smallest absolute Gasteiger partial charge is 0.262 e. The number of alkyl halides is 2. The number of hydrogen-bond acceptors (Lipinski definition) is 1. The van der Waals surface area contributed by atoms with E-state index in [2.05, 4.69) is 31.9 Å². The zero-order valence-corrected chi connectivity index (χ0v) is 12.9. The molecule has 0 N–H and O–H groups in total. The number of ether oxygens (including phenoxy) is 1. The highest BCUT2D eigenvalue weighted by Gasteiger charge is 2.70. The van der Waals surface area contributed by atoms with Crippen molar-refractivity contribution in [3.05, 3.63) is 39.3 Å². The van der Waals surface area contributed by atoms with Crippen molar-refractivity contribution in [3.8, 4) is 5.75 Å². The Labute approximate surface area is 121 Å². The molecule has 1 atom stereocenters. The molecule has 18 heavy (non-hydrogen) atoms. The highest BCUT2D eigenvalue weighted by molar-refractivity contribution is 9.28. The van der Waals surface area contributed by atoms with Gasteiger partial charge in [0.1, 0.15) is 5.75 Å². The fourth-order valence-corrected chi connectivity index (χ4v) is 2.84. The molecule has 0 amide bonds. The first-order valence-electron chi connectivity index (χ1n) is 5.56. The van der Waals surface area contributed by atoms with Crippen LogP contribution in [0, 0.1) is 0 Å². The number of halogens is 4. The summed E-state index contributed by atoms with van der Waals surface area (Å²) >= 11 is 6.32. The Morgan fingerprint density at radius 2 is 1.89 bits per heavy atom. The Morgan fingerprint density at radius 3 is 2.28 bits per heavy atom. The van der Waals surface area contributed by atoms with Gasteiger partial charge >= 0.3 is 0 Å². The van der Waals surface area contributed by atoms with Gasteiger partial charge in [0.2, 0.25) is 0 Å². The van der Waals surface area contributed by atoms with Crippen molar-refractivity contribution in [2.45, 2.75) is 24.7 Å². The number of benzene rings is 1. The van der Waals surface area contributed by atoms with Gasteiger partial charge in [-0.15, -0.1) is 0 Å². The summed E-state index contributed by atoms with van der Waals surface area (Å²) in [5.74, 6) is -1.99. The summed E-state index contributed by atoms with van der Waals surface area (Å²) in [6.07, 6.45) is 1.36. The Kier molecular flexibility index (Phi) is 3.83. The number of hydrogen-bond donors (Lipinski definition) is 0. The zero-order chi connectivity index (χ0) is 13.4. The minimum atomic E-state index is -2.69. The molecule has 98 valence electrons. The van der Waals surface area contributed by atoms with E-state index in [1.165, 1.54) is 6.08 Å². The van der Waals surface area contributed by atoms with Crippen LogP contribution >= 0.6 is 31.9 Å². The van der Waals surface area contributed by atoms with Crippen molar-refractivity contribution in [1.29, 1.82) is 0 Å². The van der Waals surface area contributed by atoms with Crippen LogP contribution in [-0.2, 0) is 5.41 Å². The minimum absolute atomic E-state index is 0.158. The Hall–Kier alpha value is -0.420. The summed E-state index contributed by atoms with van der Waals surface area (Å²) in [5.41, 5.74) is -0.590. The van der Waals surface area contributed by atoms with Gasteiger partial charge in [-0.3, -0.25) is 0 Å². The monoisotopic (exact) mass is 380 g/mol. The predicted octanol–water partition coefficient (Wildman–Crippen LogP) is 4.99. The van der Waals surface area contributed by atoms with Gasteiger partial charge in [-0.05, 0) is 62.6 Å². The molecule has 1 fully saturated rings. The molecular weight excluding hydrogens is 370 g/mol. The van der Waals surface area contributed by atoms with Gasteiger partial charge in [0.15, 0.2) is 0 Å². The predicted molar refractivity (Wildman–Crippen MR) is 74.8 cm³/mol. The van der Waals surface area contributed by atoms with E-state index in [0.29, 0.717) is 21.3 Å². The van der Waals surface area contributed by atoms with Crippen molar-refractivity contribution in [3.63, 3.8) is 0 Å². The fourth-order valence-electron chi connectivity index (χ4n) is 2.06. The van der Waals surface area contributed by atoms with E-state index < -0.39 is 11.3 Å². The van der Waals surface area contributed by atoms with Crippen LogP contribution in [0.1, 0.15) is 18.9 Å². The fraction of sp³-hybridized carbons (Fsp3) is 0.385. The van der Waals surface area contributed by atoms with Crippen LogP contribution in [0.4, 0.5) is 8.78 Å². The summed E-state index contributed by atoms with van der Waals surface area (Å²) in [6, 6.07) is 6.85. The Morgan fingerprint density at radius 1 is 1.33 bits per heavy atom. The lowest BCUT2D eigenvalue weighted by Gasteiger charge is -2.13. The van der Waals surface area contributed by atoms with Crippen LogP contribution in [0.3, 0.4) is 0 Å². The normalized spacial score (nSPS) is 24.5. The molecular formula is C13H12Br2F2O. The van der Waals surface area contributed by atoms with Crippen molar-refractivity contribution in [2.24, 2.45) is 0 Å². The van der Waals surface area contributed by atoms with Crippen LogP contribution in [0.5, 0.6) is 5.75 Å². The molecule has 0 aromatic heterocycles. The van der Waals surface area contributed by atoms with Crippen LogP contribution in [0.15, 0.2) is 33.7 Å². The SMILES string of the molecule is CCOc1ccc(C2(C=C(Br)Br)CC2(F)F)cc1. The van der Waals surface area contributed by atoms with Gasteiger partial charge in [-0.25, -0.2) is 8.78 Å². The first-order chi connectivity index (χ1) is 8.41. The molecule has 1 aromatic carbocycles. The Bertz CT molecular complexity index is 466. The lowest BCUT2D eigenvalue weighted by Crippen LogP contribution is -2.13. The lowest BCUT2D eigenvalue weighted by molar-refractivity contribution is 0.0982. The first kappa shape index (κ1) is 14.0. The molecule has 1 unspecified atom stereocenters. The van der Waals surface area contributed by atoms with Gasteiger partial charge in [0.25, 0.3) is 5.92 Å². The van der Waals surface area contributed by atoms with Gasteiger partial charge in [0, 0.05) is 6.42 Å². The molecule has 1 saturated carbocycles. The Balaban J connectivity index is 2.32. The summed E-state index contributed by atoms with van der Waals surface area (Å²) in [6.45, 7) is 2.45. The summed E-state index contributed by atoms with van der Waals surface area (Å²) < 4.78 is 33.1. The lowest BCUT2D eigenvalue weighted by atomic mass is 9.95. The molecule has 0 bridgehead atoms. The molecule has 0 saturated heterocycles. The molecule has 1 aliphatic carbocycles. The third kappa shape index (κ3) is 2.48. The summed E-state index contributed by atoms with van der Waals surface area (Å²) in [7, 11) is 0. The van der Waals surface area contributed by atoms with Gasteiger partial charge in [0.05, 0.1) is 15.4 Å². The number of rotatable bonds is 4. The minimum Gasteiger partial charge on any atom is -0.494 e. The van der Waals surface area contributed by atoms with Crippen LogP contribution in [0.2, 0.25) is 0 Å². The molecule has 1 aromatic rings. The zero-order valence-electron chi connectivity index (χ0n) is 9.72. The van der Waals surface area contributed by atoms with Crippen molar-refractivity contribution < 1.29 is 13.5 Å². The van der Waals surface area contributed by atoms with Gasteiger partial charge in [-0.1, -0.05) is 12.1 Å². The molecule has 0 aliphatic heterocycles. The largest absolute Gasteiger partial charge is 0.494 e. The van der Waals surface area contributed by atoms with E-state index in [-0.39, 0.29) is 6.42 Å². The van der Waals surface area contributed by atoms with E-state index in [4.69, 9.17) is 4.74 Å². The van der Waals surface area contributed by atoms with E-state index in [1.807, 2.05) is 6.92 Å². The first-order valence-corrected chi connectivity index (χ1v) is 7.15. The summed E-state index contributed by atoms with van der Waals surface area (Å²) in [5, 5.41) is 0. The van der Waals surface area contributed by atoms with Crippen molar-refractivity contribution in [2.75, 3.05) is 6.61 Å². The standard InChI is InChI=1S/C13H12Br2F2O/c1-2-18-10-5-3-9(4-6-10)12(7-11(14)15)8-13(12,16)17/h3-7H,2,8H2,1H3. The van der Waals surface area contributed by atoms with Gasteiger partial charge in [-0.2, -0.15) is 0 Å². The molecule has 1 nitrogen and oxygen atoms in total. The highest BCUT2D eigenvalue weighted by Crippen LogP contribution is 2.63. The van der Waals surface area contributed by atoms with E-state index in [0.717, 1.165) is 0 Å². The average Bonchev–Trinajstić information content (AvgIpc) is 2.82. The average molecular weight is 382 g/mol. The second-order valence-electron chi connectivity index (χ2n) is 4.24. The van der Waals surface area contributed by atoms with Crippen LogP contribution in [-0.4, -0.2) is 12.5 Å². The van der Waals surface area contributed by atoms with Crippen LogP contribution < -0.4 is 4.74 Å². The second kappa shape index (κ2) is 4.93. The molecule has 0 spiro atoms. The molecule has 0 heterocycles. The highest BCUT2D eigenvalue weighted by atomic mass is 79.9. The molecule has 1 aliphatic rings. The van der Waals surface area contributed by atoms with Crippen molar-refractivity contribution >= 4 is 31.9 Å². The second-order valence-corrected chi connectivity index (χ2v) is 7.02. The maximum Gasteiger partial charge on any atom is 0.262 e. The van der Waals surface area contributed by atoms with E-state index >= 15 is 0 Å². The summed E-state index contributed by atoms with van der Waals surface area (Å²) in [4.78, 5) is 0. The molecule has 0 radical (unpaired) electrons. The van der Waals surface area contributed by atoms with Crippen molar-refractivity contribution in [1.82, 2.24) is 0 Å². The third-order valence-electron chi connectivity index (χ3n) is 3.06. The van der Waals surface area contributed by atoms with Gasteiger partial charge < -0.3 is 4.74 Å². The molecule has 5 heteroatoms. The topological polar surface area (TPSA) is 9.23 Å². The third-order valence-corrected chi connectivity index (χ3v) is 3.52. The quantitative estimate of drug-likeness (QED) is 0.713. The van der Waals surface area contributed by atoms with E-state index in [1.54, 1.807) is 24.3 Å².